The Balaban J connectivity index is 1.35. The molecule has 0 aliphatic carbocycles. The van der Waals surface area contributed by atoms with Crippen molar-refractivity contribution in [3.63, 3.8) is 0 Å². The minimum Gasteiger partial charge on any atom is -0.491 e. The van der Waals surface area contributed by atoms with Gasteiger partial charge in [0.2, 0.25) is 11.8 Å². The molecule has 2 aromatic heterocycles. The fourth-order valence-electron chi connectivity index (χ4n) is 5.53. The maximum Gasteiger partial charge on any atom is 0.262 e. The summed E-state index contributed by atoms with van der Waals surface area (Å²) in [5, 5.41) is 10.4. The zero-order valence-corrected chi connectivity index (χ0v) is 27.3. The lowest BCUT2D eigenvalue weighted by atomic mass is 10.1. The largest absolute Gasteiger partial charge is 0.491 e. The summed E-state index contributed by atoms with van der Waals surface area (Å²) in [4.78, 5) is 58.5. The van der Waals surface area contributed by atoms with Crippen LogP contribution in [-0.2, 0) is 14.3 Å². The maximum atomic E-state index is 14.8. The Hall–Kier alpha value is -4.36. The van der Waals surface area contributed by atoms with Crippen LogP contribution < -0.4 is 20.7 Å². The molecule has 13 heteroatoms. The molecule has 3 N–H and O–H groups in total. The van der Waals surface area contributed by atoms with E-state index in [4.69, 9.17) is 9.47 Å². The van der Waals surface area contributed by atoms with Crippen LogP contribution in [0.15, 0.2) is 54.2 Å². The SMILES string of the molecule is CC(C)CNC(=O)[C@@H]1COCCCCC(=O)N2C[C@@H](NC(=O)c3cccnc3)C[C@H]2COc2cc(F)cc(c2)-c2csc(c2)C(=O)N1. The van der Waals surface area contributed by atoms with Crippen molar-refractivity contribution in [1.82, 2.24) is 25.8 Å². The fraction of sp³-hybridized carbons (Fsp3) is 0.441. The van der Waals surface area contributed by atoms with Crippen molar-refractivity contribution in [2.45, 2.75) is 57.7 Å². The van der Waals surface area contributed by atoms with Crippen LogP contribution in [0.2, 0.25) is 0 Å². The van der Waals surface area contributed by atoms with E-state index in [1.165, 1.54) is 29.7 Å². The standard InChI is InChI=1S/C34H40FN5O6S/c1-21(2)15-37-33(43)29-19-45-9-4-3-7-31(41)40-17-26(38-32(42)22-6-5-8-36-16-22)14-27(40)18-46-28-11-23(10-25(35)13-28)24-12-30(47-20-24)34(44)39-29/h5-6,8,10-13,16,20-21,26-27,29H,3-4,7,9,14-15,17-19H2,1-2H3,(H,37,43)(H,38,42)(H,39,44)/t26-,27-,29-/m0/s1. The van der Waals surface area contributed by atoms with E-state index >= 15 is 0 Å². The van der Waals surface area contributed by atoms with Gasteiger partial charge in [-0.1, -0.05) is 13.8 Å². The lowest BCUT2D eigenvalue weighted by Gasteiger charge is -2.25. The summed E-state index contributed by atoms with van der Waals surface area (Å²) in [6, 6.07) is 7.75. The van der Waals surface area contributed by atoms with Gasteiger partial charge in [-0.3, -0.25) is 24.2 Å². The first kappa shape index (κ1) is 34.0. The first-order chi connectivity index (χ1) is 22.7. The molecule has 11 nitrogen and oxygen atoms in total. The molecule has 1 fully saturated rings. The van der Waals surface area contributed by atoms with Crippen LogP contribution in [-0.4, -0.2) is 84.5 Å². The normalized spacial score (nSPS) is 20.9. The number of hydrogen-bond acceptors (Lipinski definition) is 8. The van der Waals surface area contributed by atoms with Gasteiger partial charge >= 0.3 is 0 Å². The Morgan fingerprint density at radius 1 is 1.15 bits per heavy atom. The van der Waals surface area contributed by atoms with E-state index in [1.807, 2.05) is 13.8 Å². The molecule has 4 bridgehead atoms. The number of hydrogen-bond donors (Lipinski definition) is 3. The second kappa shape index (κ2) is 16.0. The number of benzene rings is 1. The predicted octanol–water partition coefficient (Wildman–Crippen LogP) is 3.80. The second-order valence-corrected chi connectivity index (χ2v) is 13.1. The zero-order valence-electron chi connectivity index (χ0n) is 26.5. The topological polar surface area (TPSA) is 139 Å². The number of fused-ring (bicyclic) bond motifs is 6. The van der Waals surface area contributed by atoms with Gasteiger partial charge in [0.05, 0.1) is 23.1 Å². The molecular formula is C34H40FN5O6S. The Morgan fingerprint density at radius 2 is 2.00 bits per heavy atom. The van der Waals surface area contributed by atoms with Crippen molar-refractivity contribution in [2.24, 2.45) is 5.92 Å². The van der Waals surface area contributed by atoms with Crippen LogP contribution in [0.1, 0.15) is 59.6 Å². The third-order valence-corrected chi connectivity index (χ3v) is 8.91. The van der Waals surface area contributed by atoms with Crippen molar-refractivity contribution >= 4 is 35.0 Å². The van der Waals surface area contributed by atoms with Crippen molar-refractivity contribution in [3.8, 4) is 16.9 Å². The van der Waals surface area contributed by atoms with Gasteiger partial charge in [0.15, 0.2) is 0 Å². The van der Waals surface area contributed by atoms with Gasteiger partial charge < -0.3 is 30.3 Å². The van der Waals surface area contributed by atoms with Gasteiger partial charge in [0.1, 0.15) is 24.2 Å². The number of carbonyl (C=O) groups is 4. The summed E-state index contributed by atoms with van der Waals surface area (Å²) in [5.41, 5.74) is 1.56. The highest BCUT2D eigenvalue weighted by Gasteiger charge is 2.36. The van der Waals surface area contributed by atoms with Gasteiger partial charge in [0, 0.05) is 50.6 Å². The van der Waals surface area contributed by atoms with Gasteiger partial charge in [-0.05, 0) is 72.0 Å². The van der Waals surface area contributed by atoms with Crippen LogP contribution in [0, 0.1) is 11.7 Å². The van der Waals surface area contributed by atoms with Crippen molar-refractivity contribution in [1.29, 1.82) is 0 Å². The summed E-state index contributed by atoms with van der Waals surface area (Å²) in [7, 11) is 0. The zero-order chi connectivity index (χ0) is 33.3. The van der Waals surface area contributed by atoms with Gasteiger partial charge in [0.25, 0.3) is 11.8 Å². The van der Waals surface area contributed by atoms with Crippen LogP contribution in [0.3, 0.4) is 0 Å². The van der Waals surface area contributed by atoms with E-state index in [9.17, 15) is 23.6 Å². The molecule has 0 saturated carbocycles. The molecule has 2 aliphatic heterocycles. The summed E-state index contributed by atoms with van der Waals surface area (Å²) in [6.45, 7) is 5.10. The molecule has 1 saturated heterocycles. The molecule has 4 amide bonds. The quantitative estimate of drug-likeness (QED) is 0.377. The smallest absolute Gasteiger partial charge is 0.262 e. The molecule has 250 valence electrons. The number of nitrogens with zero attached hydrogens (tertiary/aromatic N) is 2. The number of aromatic nitrogens is 1. The number of amides is 4. The van der Waals surface area contributed by atoms with Crippen LogP contribution in [0.5, 0.6) is 5.75 Å². The van der Waals surface area contributed by atoms with Gasteiger partial charge in [-0.15, -0.1) is 11.3 Å². The monoisotopic (exact) mass is 665 g/mol. The molecular weight excluding hydrogens is 625 g/mol. The van der Waals surface area contributed by atoms with Crippen LogP contribution in [0.4, 0.5) is 4.39 Å². The van der Waals surface area contributed by atoms with E-state index < -0.39 is 17.8 Å². The van der Waals surface area contributed by atoms with Gasteiger partial charge in [-0.2, -0.15) is 0 Å². The minimum absolute atomic E-state index is 0.0288. The molecule has 1 aromatic carbocycles. The van der Waals surface area contributed by atoms with Crippen molar-refractivity contribution in [3.05, 3.63) is 70.4 Å². The summed E-state index contributed by atoms with van der Waals surface area (Å²) in [6.07, 6.45) is 4.90. The molecule has 5 rings (SSSR count). The average Bonchev–Trinajstić information content (AvgIpc) is 3.71. The maximum absolute atomic E-state index is 14.8. The molecule has 47 heavy (non-hydrogen) atoms. The highest BCUT2D eigenvalue weighted by molar-refractivity contribution is 7.12. The van der Waals surface area contributed by atoms with E-state index in [0.29, 0.717) is 60.5 Å². The number of nitrogens with one attached hydrogen (secondary N) is 3. The molecule has 3 aromatic rings. The number of halogens is 1. The number of pyridine rings is 1. The molecule has 0 spiro atoms. The third kappa shape index (κ3) is 9.35. The average molecular weight is 666 g/mol. The summed E-state index contributed by atoms with van der Waals surface area (Å²) >= 11 is 1.18. The minimum atomic E-state index is -0.919. The summed E-state index contributed by atoms with van der Waals surface area (Å²) in [5.74, 6) is -1.16. The summed E-state index contributed by atoms with van der Waals surface area (Å²) < 4.78 is 26.7. The Kier molecular flexibility index (Phi) is 11.5. The predicted molar refractivity (Wildman–Crippen MR) is 175 cm³/mol. The highest BCUT2D eigenvalue weighted by Crippen LogP contribution is 2.30. The van der Waals surface area contributed by atoms with E-state index in [1.54, 1.807) is 40.7 Å². The fourth-order valence-corrected chi connectivity index (χ4v) is 6.35. The molecule has 0 unspecified atom stereocenters. The molecule has 0 radical (unpaired) electrons. The third-order valence-electron chi connectivity index (χ3n) is 7.98. The number of thiophene rings is 1. The van der Waals surface area contributed by atoms with E-state index in [2.05, 4.69) is 20.9 Å². The number of rotatable bonds is 5. The number of ether oxygens (including phenoxy) is 2. The molecule has 3 atom stereocenters. The highest BCUT2D eigenvalue weighted by atomic mass is 32.1. The van der Waals surface area contributed by atoms with Crippen LogP contribution >= 0.6 is 11.3 Å². The van der Waals surface area contributed by atoms with Crippen molar-refractivity contribution in [2.75, 3.05) is 32.9 Å². The van der Waals surface area contributed by atoms with Crippen LogP contribution in [0.25, 0.3) is 11.1 Å². The second-order valence-electron chi connectivity index (χ2n) is 12.2. The first-order valence-electron chi connectivity index (χ1n) is 15.8. The Labute approximate surface area is 277 Å². The molecule has 2 aliphatic rings. The van der Waals surface area contributed by atoms with Gasteiger partial charge in [-0.25, -0.2) is 4.39 Å². The number of carbonyl (C=O) groups excluding carboxylic acids is 4. The van der Waals surface area contributed by atoms with E-state index in [-0.39, 0.29) is 61.1 Å². The Morgan fingerprint density at radius 3 is 2.79 bits per heavy atom. The molecule has 4 heterocycles. The van der Waals surface area contributed by atoms with E-state index in [0.717, 1.165) is 0 Å². The lowest BCUT2D eigenvalue weighted by molar-refractivity contribution is -0.132. The Bertz CT molecular complexity index is 1570. The van der Waals surface area contributed by atoms with Crippen molar-refractivity contribution < 1.29 is 33.0 Å². The first-order valence-corrected chi connectivity index (χ1v) is 16.7. The lowest BCUT2D eigenvalue weighted by Crippen LogP contribution is -2.50.